The summed E-state index contributed by atoms with van der Waals surface area (Å²) in [7, 11) is 0. The van der Waals surface area contributed by atoms with E-state index in [1.807, 2.05) is 6.92 Å². The maximum atomic E-state index is 10.9. The minimum absolute atomic E-state index is 0.0193. The van der Waals surface area contributed by atoms with E-state index in [4.69, 9.17) is 22.1 Å². The van der Waals surface area contributed by atoms with Crippen molar-refractivity contribution in [3.05, 3.63) is 5.28 Å². The average molecular weight is 274 g/mol. The molecule has 0 radical (unpaired) electrons. The predicted molar refractivity (Wildman–Crippen MR) is 67.5 cm³/mol. The number of anilines is 1. The number of carbonyl (C=O) groups excluding carboxylic acids is 1. The molecule has 100 valence electrons. The number of rotatable bonds is 6. The third-order valence-electron chi connectivity index (χ3n) is 1.93. The smallest absolute Gasteiger partial charge is 0.322 e. The van der Waals surface area contributed by atoms with Gasteiger partial charge in [-0.15, -0.1) is 0 Å². The van der Waals surface area contributed by atoms with Gasteiger partial charge in [0, 0.05) is 12.0 Å². The van der Waals surface area contributed by atoms with Gasteiger partial charge in [0.25, 0.3) is 0 Å². The van der Waals surface area contributed by atoms with Gasteiger partial charge in [-0.3, -0.25) is 4.79 Å². The van der Waals surface area contributed by atoms with Crippen LogP contribution in [0.2, 0.25) is 5.28 Å². The summed E-state index contributed by atoms with van der Waals surface area (Å²) in [4.78, 5) is 22.7. The van der Waals surface area contributed by atoms with Gasteiger partial charge in [-0.1, -0.05) is 0 Å². The van der Waals surface area contributed by atoms with Crippen LogP contribution in [0.3, 0.4) is 0 Å². The minimum Gasteiger partial charge on any atom is -0.464 e. The molecule has 0 saturated carbocycles. The van der Waals surface area contributed by atoms with Crippen LogP contribution >= 0.6 is 11.6 Å². The van der Waals surface area contributed by atoms with Crippen molar-refractivity contribution < 1.29 is 9.53 Å². The molecule has 0 spiro atoms. The van der Waals surface area contributed by atoms with Gasteiger partial charge in [-0.05, 0) is 32.4 Å². The number of nitrogens with one attached hydrogen (secondary N) is 1. The first-order chi connectivity index (χ1) is 8.32. The lowest BCUT2D eigenvalue weighted by Crippen LogP contribution is -2.36. The molecule has 1 amide bonds. The lowest BCUT2D eigenvalue weighted by atomic mass is 10.0. The van der Waals surface area contributed by atoms with E-state index in [1.54, 1.807) is 13.8 Å². The number of aromatic nitrogens is 3. The van der Waals surface area contributed by atoms with Gasteiger partial charge < -0.3 is 15.8 Å². The molecule has 0 fully saturated rings. The van der Waals surface area contributed by atoms with Crippen molar-refractivity contribution in [2.45, 2.75) is 32.7 Å². The number of hydrogen-bond acceptors (Lipinski definition) is 6. The summed E-state index contributed by atoms with van der Waals surface area (Å²) >= 11 is 5.75. The van der Waals surface area contributed by atoms with Gasteiger partial charge in [-0.2, -0.15) is 15.0 Å². The average Bonchev–Trinajstić information content (AvgIpc) is 2.12. The van der Waals surface area contributed by atoms with Crippen LogP contribution in [0.5, 0.6) is 6.01 Å². The highest BCUT2D eigenvalue weighted by Gasteiger charge is 2.22. The molecule has 0 aromatic carbocycles. The molecule has 1 rings (SSSR count). The van der Waals surface area contributed by atoms with Crippen LogP contribution in [-0.4, -0.2) is 33.0 Å². The first kappa shape index (κ1) is 14.4. The van der Waals surface area contributed by atoms with E-state index in [0.29, 0.717) is 6.61 Å². The third kappa shape index (κ3) is 4.70. The van der Waals surface area contributed by atoms with Crippen LogP contribution in [0.4, 0.5) is 5.95 Å². The molecule has 0 saturated heterocycles. The fourth-order valence-corrected chi connectivity index (χ4v) is 1.52. The summed E-state index contributed by atoms with van der Waals surface area (Å²) < 4.78 is 5.14. The number of hydrogen-bond donors (Lipinski definition) is 2. The van der Waals surface area contributed by atoms with Crippen molar-refractivity contribution in [3.8, 4) is 6.01 Å². The van der Waals surface area contributed by atoms with Crippen molar-refractivity contribution in [2.75, 3.05) is 11.9 Å². The van der Waals surface area contributed by atoms with Crippen LogP contribution in [0.1, 0.15) is 27.2 Å². The normalized spacial score (nSPS) is 11.1. The van der Waals surface area contributed by atoms with Crippen molar-refractivity contribution in [2.24, 2.45) is 5.73 Å². The van der Waals surface area contributed by atoms with Crippen molar-refractivity contribution in [1.82, 2.24) is 15.0 Å². The number of carbonyl (C=O) groups is 1. The molecule has 7 nitrogen and oxygen atoms in total. The van der Waals surface area contributed by atoms with Gasteiger partial charge in [0.05, 0.1) is 6.61 Å². The fourth-order valence-electron chi connectivity index (χ4n) is 1.36. The highest BCUT2D eigenvalue weighted by atomic mass is 35.5. The fraction of sp³-hybridized carbons (Fsp3) is 0.600. The second-order valence-corrected chi connectivity index (χ2v) is 4.63. The van der Waals surface area contributed by atoms with Crippen LogP contribution in [0, 0.1) is 0 Å². The van der Waals surface area contributed by atoms with E-state index < -0.39 is 11.4 Å². The highest BCUT2D eigenvalue weighted by Crippen LogP contribution is 2.17. The number of nitrogens with two attached hydrogens (primary N) is 1. The predicted octanol–water partition coefficient (Wildman–Crippen LogP) is 0.990. The lowest BCUT2D eigenvalue weighted by molar-refractivity contribution is -0.118. The van der Waals surface area contributed by atoms with E-state index in [0.717, 1.165) is 0 Å². The molecule has 0 aliphatic heterocycles. The molecule has 0 bridgehead atoms. The van der Waals surface area contributed by atoms with Crippen molar-refractivity contribution >= 4 is 23.5 Å². The monoisotopic (exact) mass is 273 g/mol. The summed E-state index contributed by atoms with van der Waals surface area (Å²) in [6.45, 7) is 5.83. The topological polar surface area (TPSA) is 103 Å². The number of halogens is 1. The van der Waals surface area contributed by atoms with Crippen LogP contribution in [-0.2, 0) is 4.79 Å². The molecule has 0 unspecified atom stereocenters. The largest absolute Gasteiger partial charge is 0.464 e. The Morgan fingerprint density at radius 1 is 1.44 bits per heavy atom. The minimum atomic E-state index is -0.583. The molecule has 1 aromatic heterocycles. The van der Waals surface area contributed by atoms with E-state index in [1.165, 1.54) is 0 Å². The molecule has 0 aliphatic carbocycles. The van der Waals surface area contributed by atoms with Crippen LogP contribution in [0.15, 0.2) is 0 Å². The zero-order valence-corrected chi connectivity index (χ0v) is 11.3. The van der Waals surface area contributed by atoms with Crippen molar-refractivity contribution in [1.29, 1.82) is 0 Å². The quantitative estimate of drug-likeness (QED) is 0.801. The number of nitrogens with zero attached hydrogens (tertiary/aromatic N) is 3. The Balaban J connectivity index is 2.86. The van der Waals surface area contributed by atoms with E-state index in [2.05, 4.69) is 20.3 Å². The van der Waals surface area contributed by atoms with Gasteiger partial charge >= 0.3 is 6.01 Å². The third-order valence-corrected chi connectivity index (χ3v) is 2.10. The molecule has 18 heavy (non-hydrogen) atoms. The Morgan fingerprint density at radius 3 is 2.67 bits per heavy atom. The van der Waals surface area contributed by atoms with E-state index in [9.17, 15) is 4.79 Å². The second-order valence-electron chi connectivity index (χ2n) is 4.30. The van der Waals surface area contributed by atoms with E-state index in [-0.39, 0.29) is 23.7 Å². The van der Waals surface area contributed by atoms with E-state index >= 15 is 0 Å². The molecule has 1 aromatic rings. The maximum Gasteiger partial charge on any atom is 0.322 e. The van der Waals surface area contributed by atoms with Gasteiger partial charge in [0.15, 0.2) is 0 Å². The number of primary amides is 1. The molecular weight excluding hydrogens is 258 g/mol. The zero-order chi connectivity index (χ0) is 13.8. The Labute approximate surface area is 110 Å². The van der Waals surface area contributed by atoms with Gasteiger partial charge in [0.2, 0.25) is 17.1 Å². The van der Waals surface area contributed by atoms with Crippen LogP contribution < -0.4 is 15.8 Å². The summed E-state index contributed by atoms with van der Waals surface area (Å²) in [5, 5.41) is 2.98. The molecule has 8 heteroatoms. The van der Waals surface area contributed by atoms with Crippen LogP contribution in [0.25, 0.3) is 0 Å². The molecule has 0 aliphatic rings. The Bertz CT molecular complexity index is 438. The summed E-state index contributed by atoms with van der Waals surface area (Å²) in [6, 6.07) is 0.134. The molecular formula is C10H16ClN5O2. The second kappa shape index (κ2) is 5.81. The SMILES string of the molecule is CCOc1nc(Cl)nc(NC(C)(C)CC(N)=O)n1. The highest BCUT2D eigenvalue weighted by molar-refractivity contribution is 6.28. The first-order valence-corrected chi connectivity index (χ1v) is 5.81. The first-order valence-electron chi connectivity index (χ1n) is 5.43. The Kier molecular flexibility index (Phi) is 4.66. The number of ether oxygens (including phenoxy) is 1. The molecule has 0 atom stereocenters. The summed E-state index contributed by atoms with van der Waals surface area (Å²) in [6.07, 6.45) is 0.139. The number of amides is 1. The maximum absolute atomic E-state index is 10.9. The van der Waals surface area contributed by atoms with Gasteiger partial charge in [0.1, 0.15) is 0 Å². The molecule has 1 heterocycles. The van der Waals surface area contributed by atoms with Gasteiger partial charge in [-0.25, -0.2) is 0 Å². The summed E-state index contributed by atoms with van der Waals surface area (Å²) in [5.41, 5.74) is 4.57. The molecule has 3 N–H and O–H groups in total. The Morgan fingerprint density at radius 2 is 2.11 bits per heavy atom. The van der Waals surface area contributed by atoms with Crippen molar-refractivity contribution in [3.63, 3.8) is 0 Å². The Hall–Kier alpha value is -1.63. The summed E-state index contributed by atoms with van der Waals surface area (Å²) in [5.74, 6) is -0.178. The zero-order valence-electron chi connectivity index (χ0n) is 10.5. The lowest BCUT2D eigenvalue weighted by Gasteiger charge is -2.24. The standard InChI is InChI=1S/C10H16ClN5O2/c1-4-18-9-14-7(11)13-8(15-9)16-10(2,3)5-6(12)17/h4-5H2,1-3H3,(H2,12,17)(H,13,14,15,16).